The minimum Gasteiger partial charge on any atom is -0.496 e. The highest BCUT2D eigenvalue weighted by Crippen LogP contribution is 2.38. The van der Waals surface area contributed by atoms with Crippen LogP contribution in [0.1, 0.15) is 39.2 Å². The van der Waals surface area contributed by atoms with Gasteiger partial charge in [-0.25, -0.2) is 4.79 Å². The van der Waals surface area contributed by atoms with Crippen LogP contribution in [0.15, 0.2) is 41.6 Å². The first kappa shape index (κ1) is 29.8. The summed E-state index contributed by atoms with van der Waals surface area (Å²) in [6.07, 6.45) is 6.92. The Morgan fingerprint density at radius 2 is 1.62 bits per heavy atom. The van der Waals surface area contributed by atoms with Gasteiger partial charge in [0, 0.05) is 83.1 Å². The van der Waals surface area contributed by atoms with Crippen LogP contribution in [-0.2, 0) is 18.3 Å². The van der Waals surface area contributed by atoms with Crippen LogP contribution in [0, 0.1) is 0 Å². The number of carbonyl (C=O) groups is 1. The SMILES string of the molecule is COc1cc(-c2cn(C)c(=O)c3cnccc23)cc(OC)c1CN1CCN(C2CCN(C(=O)OC(C)(C)C)CC2)CC1. The third-order valence-corrected chi connectivity index (χ3v) is 8.32. The molecule has 42 heavy (non-hydrogen) atoms. The predicted octanol–water partition coefficient (Wildman–Crippen LogP) is 4.13. The second-order valence-electron chi connectivity index (χ2n) is 12.3. The normalized spacial score (nSPS) is 17.4. The molecule has 0 aliphatic carbocycles. The van der Waals surface area contributed by atoms with E-state index < -0.39 is 5.60 Å². The molecular weight excluding hydrogens is 534 g/mol. The molecule has 2 fully saturated rings. The molecule has 2 saturated heterocycles. The zero-order valence-electron chi connectivity index (χ0n) is 25.7. The number of amides is 1. The first-order chi connectivity index (χ1) is 20.1. The van der Waals surface area contributed by atoms with E-state index in [1.54, 1.807) is 38.2 Å². The Morgan fingerprint density at radius 3 is 2.21 bits per heavy atom. The van der Waals surface area contributed by atoms with Gasteiger partial charge in [-0.3, -0.25) is 19.6 Å². The largest absolute Gasteiger partial charge is 0.496 e. The number of aromatic nitrogens is 2. The molecule has 0 saturated carbocycles. The van der Waals surface area contributed by atoms with Crippen LogP contribution in [0.25, 0.3) is 21.9 Å². The van der Waals surface area contributed by atoms with Gasteiger partial charge in [-0.05, 0) is 62.8 Å². The van der Waals surface area contributed by atoms with Crippen LogP contribution >= 0.6 is 0 Å². The van der Waals surface area contributed by atoms with E-state index in [0.29, 0.717) is 11.4 Å². The van der Waals surface area contributed by atoms with E-state index in [0.717, 1.165) is 92.2 Å². The first-order valence-electron chi connectivity index (χ1n) is 14.7. The quantitative estimate of drug-likeness (QED) is 0.432. The molecule has 1 amide bonds. The molecule has 5 rings (SSSR count). The lowest BCUT2D eigenvalue weighted by Gasteiger charge is -2.43. The zero-order chi connectivity index (χ0) is 30.0. The van der Waals surface area contributed by atoms with Gasteiger partial charge < -0.3 is 23.7 Å². The number of piperidine rings is 1. The molecule has 10 heteroatoms. The van der Waals surface area contributed by atoms with Crippen LogP contribution < -0.4 is 15.0 Å². The predicted molar refractivity (Wildman–Crippen MR) is 163 cm³/mol. The number of rotatable bonds is 6. The summed E-state index contributed by atoms with van der Waals surface area (Å²) in [5.41, 5.74) is 2.30. The second kappa shape index (κ2) is 12.3. The minimum atomic E-state index is -0.469. The summed E-state index contributed by atoms with van der Waals surface area (Å²) in [5, 5.41) is 1.42. The van der Waals surface area contributed by atoms with Crippen LogP contribution in [0.3, 0.4) is 0 Å². The Bertz CT molecular complexity index is 1460. The number of benzene rings is 1. The van der Waals surface area contributed by atoms with Crippen molar-refractivity contribution < 1.29 is 19.0 Å². The van der Waals surface area contributed by atoms with Gasteiger partial charge in [0.2, 0.25) is 0 Å². The van der Waals surface area contributed by atoms with Crippen molar-refractivity contribution in [3.63, 3.8) is 0 Å². The summed E-state index contributed by atoms with van der Waals surface area (Å²) in [5.74, 6) is 1.52. The highest BCUT2D eigenvalue weighted by atomic mass is 16.6. The fraction of sp³-hybridized carbons (Fsp3) is 0.531. The Morgan fingerprint density at radius 1 is 0.976 bits per heavy atom. The number of hydrogen-bond donors (Lipinski definition) is 0. The van der Waals surface area contributed by atoms with Crippen molar-refractivity contribution >= 4 is 16.9 Å². The van der Waals surface area contributed by atoms with Crippen LogP contribution in [-0.4, -0.2) is 95.5 Å². The number of pyridine rings is 2. The number of piperazine rings is 1. The summed E-state index contributed by atoms with van der Waals surface area (Å²) in [7, 11) is 5.13. The molecule has 4 heterocycles. The Balaban J connectivity index is 1.26. The number of hydrogen-bond acceptors (Lipinski definition) is 8. The van der Waals surface area contributed by atoms with Gasteiger partial charge in [0.15, 0.2) is 0 Å². The van der Waals surface area contributed by atoms with Gasteiger partial charge in [-0.15, -0.1) is 0 Å². The maximum absolute atomic E-state index is 12.7. The lowest BCUT2D eigenvalue weighted by atomic mass is 9.98. The summed E-state index contributed by atoms with van der Waals surface area (Å²) in [6, 6.07) is 6.43. The fourth-order valence-electron chi connectivity index (χ4n) is 6.09. The fourth-order valence-corrected chi connectivity index (χ4v) is 6.09. The maximum atomic E-state index is 12.7. The van der Waals surface area contributed by atoms with E-state index >= 15 is 0 Å². The van der Waals surface area contributed by atoms with Gasteiger partial charge in [-0.2, -0.15) is 0 Å². The lowest BCUT2D eigenvalue weighted by molar-refractivity contribution is 0.00962. The highest BCUT2D eigenvalue weighted by molar-refractivity contribution is 5.95. The van der Waals surface area contributed by atoms with E-state index in [4.69, 9.17) is 14.2 Å². The van der Waals surface area contributed by atoms with Crippen LogP contribution in [0.5, 0.6) is 11.5 Å². The third-order valence-electron chi connectivity index (χ3n) is 8.32. The number of aryl methyl sites for hydroxylation is 1. The second-order valence-corrected chi connectivity index (χ2v) is 12.3. The summed E-state index contributed by atoms with van der Waals surface area (Å²) < 4.78 is 18.9. The molecule has 0 spiro atoms. The van der Waals surface area contributed by atoms with E-state index in [1.165, 1.54) is 0 Å². The zero-order valence-corrected chi connectivity index (χ0v) is 25.7. The molecule has 0 N–H and O–H groups in total. The third kappa shape index (κ3) is 6.39. The Kier molecular flexibility index (Phi) is 8.75. The monoisotopic (exact) mass is 577 g/mol. The molecule has 3 aromatic rings. The van der Waals surface area contributed by atoms with Gasteiger partial charge in [0.1, 0.15) is 17.1 Å². The Hall–Kier alpha value is -3.63. The molecule has 2 aromatic heterocycles. The average molecular weight is 578 g/mol. The number of fused-ring (bicyclic) bond motifs is 1. The topological polar surface area (TPSA) is 89.4 Å². The molecular formula is C32H43N5O5. The Labute approximate surface area is 247 Å². The molecule has 0 unspecified atom stereocenters. The number of nitrogens with zero attached hydrogens (tertiary/aromatic N) is 5. The van der Waals surface area contributed by atoms with E-state index in [-0.39, 0.29) is 11.7 Å². The molecule has 2 aliphatic rings. The lowest BCUT2D eigenvalue weighted by Crippen LogP contribution is -2.53. The van der Waals surface area contributed by atoms with Crippen molar-refractivity contribution in [2.45, 2.75) is 51.8 Å². The smallest absolute Gasteiger partial charge is 0.410 e. The van der Waals surface area contributed by atoms with Gasteiger partial charge >= 0.3 is 6.09 Å². The molecule has 2 aliphatic heterocycles. The first-order valence-corrected chi connectivity index (χ1v) is 14.7. The molecule has 226 valence electrons. The number of carbonyl (C=O) groups excluding carboxylic acids is 1. The number of likely N-dealkylation sites (tertiary alicyclic amines) is 1. The minimum absolute atomic E-state index is 0.0786. The van der Waals surface area contributed by atoms with Crippen molar-refractivity contribution in [1.82, 2.24) is 24.3 Å². The summed E-state index contributed by atoms with van der Waals surface area (Å²) in [4.78, 5) is 36.2. The van der Waals surface area contributed by atoms with Crippen molar-refractivity contribution in [1.29, 1.82) is 0 Å². The summed E-state index contributed by atoms with van der Waals surface area (Å²) >= 11 is 0. The van der Waals surface area contributed by atoms with Crippen LogP contribution in [0.4, 0.5) is 4.79 Å². The van der Waals surface area contributed by atoms with E-state index in [1.807, 2.05) is 50.1 Å². The van der Waals surface area contributed by atoms with Crippen LogP contribution in [0.2, 0.25) is 0 Å². The van der Waals surface area contributed by atoms with Crippen molar-refractivity contribution in [3.8, 4) is 22.6 Å². The van der Waals surface area contributed by atoms with Gasteiger partial charge in [0.05, 0.1) is 25.2 Å². The van der Waals surface area contributed by atoms with Crippen molar-refractivity contribution in [2.24, 2.45) is 7.05 Å². The van der Waals surface area contributed by atoms with Crippen molar-refractivity contribution in [3.05, 3.63) is 52.7 Å². The summed E-state index contributed by atoms with van der Waals surface area (Å²) in [6.45, 7) is 11.8. The van der Waals surface area contributed by atoms with E-state index in [9.17, 15) is 9.59 Å². The number of ether oxygens (including phenoxy) is 3. The molecule has 0 atom stereocenters. The number of methoxy groups -OCH3 is 2. The highest BCUT2D eigenvalue weighted by Gasteiger charge is 2.31. The molecule has 0 bridgehead atoms. The molecule has 0 radical (unpaired) electrons. The van der Waals surface area contributed by atoms with E-state index in [2.05, 4.69) is 14.8 Å². The van der Waals surface area contributed by atoms with Crippen molar-refractivity contribution in [2.75, 3.05) is 53.5 Å². The molecule has 10 nitrogen and oxygen atoms in total. The molecule has 1 aromatic carbocycles. The van der Waals surface area contributed by atoms with Gasteiger partial charge in [-0.1, -0.05) is 0 Å². The van der Waals surface area contributed by atoms with Gasteiger partial charge in [0.25, 0.3) is 5.56 Å². The average Bonchev–Trinajstić information content (AvgIpc) is 2.98. The standard InChI is InChI=1S/C32H43N5O5/c1-32(2,3)42-31(39)37-11-8-23(9-12-37)36-15-13-35(14-16-36)21-27-28(40-5)17-22(18-29(27)41-6)26-20-34(4)30(38)25-19-33-10-7-24(25)26/h7,10,17-20,23H,8-9,11-16,21H2,1-6H3. The maximum Gasteiger partial charge on any atom is 0.410 e.